The Hall–Kier alpha value is -2.34. The molecule has 0 amide bonds. The number of benzene rings is 2. The minimum absolute atomic E-state index is 0.137. The molecule has 0 N–H and O–H groups in total. The van der Waals surface area contributed by atoms with Crippen molar-refractivity contribution in [1.82, 2.24) is 4.31 Å². The van der Waals surface area contributed by atoms with Crippen molar-refractivity contribution in [3.8, 4) is 5.75 Å². The predicted octanol–water partition coefficient (Wildman–Crippen LogP) is 3.58. The second kappa shape index (κ2) is 6.28. The van der Waals surface area contributed by atoms with Gasteiger partial charge in [0.05, 0.1) is 12.0 Å². The minimum atomic E-state index is -3.60. The zero-order valence-corrected chi connectivity index (χ0v) is 14.3. The van der Waals surface area contributed by atoms with E-state index in [1.54, 1.807) is 42.6 Å². The number of hydrogen-bond acceptors (Lipinski definition) is 3. The molecule has 1 heterocycles. The Morgan fingerprint density at radius 3 is 2.50 bits per heavy atom. The molecule has 3 rings (SSSR count). The van der Waals surface area contributed by atoms with Gasteiger partial charge in [-0.3, -0.25) is 4.31 Å². The summed E-state index contributed by atoms with van der Waals surface area (Å²) < 4.78 is 45.7. The zero-order valence-electron chi connectivity index (χ0n) is 13.5. The van der Waals surface area contributed by atoms with E-state index in [4.69, 9.17) is 4.74 Å². The molecule has 0 unspecified atom stereocenters. The minimum Gasteiger partial charge on any atom is -0.493 e. The number of aryl methyl sites for hydroxylation is 1. The molecule has 24 heavy (non-hydrogen) atoms. The van der Waals surface area contributed by atoms with Crippen molar-refractivity contribution < 1.29 is 17.5 Å². The van der Waals surface area contributed by atoms with Gasteiger partial charge in [-0.15, -0.1) is 0 Å². The maximum Gasteiger partial charge on any atom is 0.263 e. The van der Waals surface area contributed by atoms with E-state index in [0.29, 0.717) is 18.5 Å². The zero-order chi connectivity index (χ0) is 17.3. The van der Waals surface area contributed by atoms with Crippen LogP contribution in [-0.2, 0) is 10.0 Å². The molecule has 0 aromatic heterocycles. The van der Waals surface area contributed by atoms with Crippen molar-refractivity contribution in [3.05, 3.63) is 65.6 Å². The van der Waals surface area contributed by atoms with E-state index in [0.717, 1.165) is 11.1 Å². The molecular formula is C18H18FNO3S. The highest BCUT2D eigenvalue weighted by atomic mass is 32.2. The van der Waals surface area contributed by atoms with Gasteiger partial charge in [0.25, 0.3) is 10.0 Å². The summed E-state index contributed by atoms with van der Waals surface area (Å²) in [6.07, 6.45) is 2.07. The van der Waals surface area contributed by atoms with Gasteiger partial charge in [0.2, 0.25) is 0 Å². The number of nitrogens with zero attached hydrogens (tertiary/aromatic N) is 1. The molecule has 0 saturated carbocycles. The summed E-state index contributed by atoms with van der Waals surface area (Å²) in [5.74, 6) is -0.325. The third-order valence-electron chi connectivity index (χ3n) is 4.05. The molecular weight excluding hydrogens is 329 g/mol. The number of ether oxygens (including phenoxy) is 1. The summed E-state index contributed by atoms with van der Waals surface area (Å²) in [5, 5.41) is 0. The van der Waals surface area contributed by atoms with Crippen LogP contribution in [0.15, 0.2) is 53.6 Å². The van der Waals surface area contributed by atoms with E-state index >= 15 is 0 Å². The van der Waals surface area contributed by atoms with Crippen molar-refractivity contribution in [2.24, 2.45) is 0 Å². The van der Waals surface area contributed by atoms with Crippen molar-refractivity contribution in [1.29, 1.82) is 0 Å². The second-order valence-electron chi connectivity index (χ2n) is 5.65. The fourth-order valence-electron chi connectivity index (χ4n) is 2.74. The van der Waals surface area contributed by atoms with Crippen LogP contribution in [0.5, 0.6) is 5.75 Å². The number of hydrogen-bond donors (Lipinski definition) is 0. The molecule has 0 radical (unpaired) electrons. The van der Waals surface area contributed by atoms with Crippen LogP contribution < -0.4 is 4.74 Å². The van der Waals surface area contributed by atoms with Crippen LogP contribution >= 0.6 is 0 Å². The van der Waals surface area contributed by atoms with Crippen LogP contribution in [0.4, 0.5) is 4.39 Å². The number of methoxy groups -OCH3 is 1. The Kier molecular flexibility index (Phi) is 4.32. The normalized spacial score (nSPS) is 14.6. The first kappa shape index (κ1) is 16.5. The molecule has 0 atom stereocenters. The Labute approximate surface area is 141 Å². The van der Waals surface area contributed by atoms with E-state index in [1.807, 2.05) is 6.92 Å². The van der Waals surface area contributed by atoms with E-state index in [9.17, 15) is 12.8 Å². The van der Waals surface area contributed by atoms with Crippen molar-refractivity contribution in [2.45, 2.75) is 18.2 Å². The summed E-state index contributed by atoms with van der Waals surface area (Å²) in [4.78, 5) is 0.247. The molecule has 0 bridgehead atoms. The maximum absolute atomic E-state index is 13.9. The molecule has 0 aliphatic carbocycles. The largest absolute Gasteiger partial charge is 0.493 e. The van der Waals surface area contributed by atoms with Crippen molar-refractivity contribution in [2.75, 3.05) is 13.7 Å². The topological polar surface area (TPSA) is 46.6 Å². The smallest absolute Gasteiger partial charge is 0.263 e. The van der Waals surface area contributed by atoms with Gasteiger partial charge in [0, 0.05) is 18.3 Å². The van der Waals surface area contributed by atoms with E-state index < -0.39 is 15.8 Å². The van der Waals surface area contributed by atoms with Crippen LogP contribution in [0, 0.1) is 12.7 Å². The first-order chi connectivity index (χ1) is 11.4. The lowest BCUT2D eigenvalue weighted by Crippen LogP contribution is -2.23. The monoisotopic (exact) mass is 347 g/mol. The second-order valence-corrected chi connectivity index (χ2v) is 7.54. The van der Waals surface area contributed by atoms with E-state index in [2.05, 4.69) is 0 Å². The highest BCUT2D eigenvalue weighted by Gasteiger charge is 2.27. The first-order valence-corrected chi connectivity index (χ1v) is 8.99. The van der Waals surface area contributed by atoms with Gasteiger partial charge in [-0.2, -0.15) is 0 Å². The number of rotatable bonds is 4. The highest BCUT2D eigenvalue weighted by molar-refractivity contribution is 7.89. The van der Waals surface area contributed by atoms with Gasteiger partial charge in [-0.1, -0.05) is 29.8 Å². The van der Waals surface area contributed by atoms with Gasteiger partial charge in [-0.25, -0.2) is 12.8 Å². The van der Waals surface area contributed by atoms with Crippen LogP contribution in [-0.4, -0.2) is 26.4 Å². The lowest BCUT2D eigenvalue weighted by molar-refractivity contribution is 0.385. The van der Waals surface area contributed by atoms with Crippen molar-refractivity contribution >= 4 is 15.6 Å². The number of halogens is 1. The Bertz CT molecular complexity index is 889. The Balaban J connectivity index is 1.96. The molecule has 126 valence electrons. The van der Waals surface area contributed by atoms with Gasteiger partial charge >= 0.3 is 0 Å². The molecule has 0 spiro atoms. The van der Waals surface area contributed by atoms with Gasteiger partial charge in [0.15, 0.2) is 11.6 Å². The Morgan fingerprint density at radius 2 is 1.83 bits per heavy atom. The summed E-state index contributed by atoms with van der Waals surface area (Å²) in [5.41, 5.74) is 2.32. The molecule has 2 aromatic rings. The number of para-hydroxylation sites is 1. The van der Waals surface area contributed by atoms with Gasteiger partial charge in [0.1, 0.15) is 0 Å². The average molecular weight is 347 g/mol. The first-order valence-electron chi connectivity index (χ1n) is 7.55. The third kappa shape index (κ3) is 2.89. The van der Waals surface area contributed by atoms with E-state index in [1.165, 1.54) is 17.5 Å². The van der Waals surface area contributed by atoms with Gasteiger partial charge in [-0.05, 0) is 37.1 Å². The van der Waals surface area contributed by atoms with Crippen LogP contribution in [0.2, 0.25) is 0 Å². The van der Waals surface area contributed by atoms with Crippen LogP contribution in [0.3, 0.4) is 0 Å². The molecule has 0 fully saturated rings. The summed E-state index contributed by atoms with van der Waals surface area (Å²) >= 11 is 0. The molecule has 6 heteroatoms. The quantitative estimate of drug-likeness (QED) is 0.849. The fourth-order valence-corrected chi connectivity index (χ4v) is 4.09. The summed E-state index contributed by atoms with van der Waals surface area (Å²) in [6.45, 7) is 2.23. The molecule has 0 saturated heterocycles. The summed E-state index contributed by atoms with van der Waals surface area (Å²) in [6, 6.07) is 11.4. The van der Waals surface area contributed by atoms with Crippen LogP contribution in [0.1, 0.15) is 17.5 Å². The van der Waals surface area contributed by atoms with Crippen LogP contribution in [0.25, 0.3) is 5.57 Å². The fraction of sp³-hybridized carbons (Fsp3) is 0.222. The standard InChI is InChI=1S/C18H18FNO3S/c1-13-6-8-15(9-7-13)24(21,22)20-11-10-14(12-20)16-4-3-5-17(19)18(16)23-2/h3-9,12H,10-11H2,1-2H3. The van der Waals surface area contributed by atoms with Crippen molar-refractivity contribution in [3.63, 3.8) is 0 Å². The molecule has 4 nitrogen and oxygen atoms in total. The lowest BCUT2D eigenvalue weighted by Gasteiger charge is -2.15. The van der Waals surface area contributed by atoms with E-state index in [-0.39, 0.29) is 10.6 Å². The predicted molar refractivity (Wildman–Crippen MR) is 90.6 cm³/mol. The number of sulfonamides is 1. The Morgan fingerprint density at radius 1 is 1.12 bits per heavy atom. The molecule has 2 aromatic carbocycles. The SMILES string of the molecule is COc1c(F)cccc1C1=CN(S(=O)(=O)c2ccc(C)cc2)CC1. The molecule has 1 aliphatic heterocycles. The third-order valence-corrected chi connectivity index (χ3v) is 5.82. The highest BCUT2D eigenvalue weighted by Crippen LogP contribution is 2.35. The lowest BCUT2D eigenvalue weighted by atomic mass is 10.0. The maximum atomic E-state index is 13.9. The van der Waals surface area contributed by atoms with Gasteiger partial charge < -0.3 is 4.74 Å². The average Bonchev–Trinajstić information content (AvgIpc) is 3.05. The molecule has 1 aliphatic rings. The summed E-state index contributed by atoms with van der Waals surface area (Å²) in [7, 11) is -2.20.